The number of fused-ring (bicyclic) bond motifs is 1. The molecule has 9 heteroatoms. The zero-order valence-corrected chi connectivity index (χ0v) is 16.1. The van der Waals surface area contributed by atoms with Crippen molar-refractivity contribution in [3.8, 4) is 5.75 Å². The molecule has 7 nitrogen and oxygen atoms in total. The molecule has 3 aromatic rings. The summed E-state index contributed by atoms with van der Waals surface area (Å²) in [6.45, 7) is 0. The van der Waals surface area contributed by atoms with Crippen LogP contribution in [-0.4, -0.2) is 47.6 Å². The first kappa shape index (κ1) is 19.4. The van der Waals surface area contributed by atoms with Gasteiger partial charge in [-0.25, -0.2) is 0 Å². The van der Waals surface area contributed by atoms with Crippen molar-refractivity contribution in [2.24, 2.45) is 10.2 Å². The zero-order valence-electron chi connectivity index (χ0n) is 13.3. The number of nitrogen functional groups attached to an aromatic ring is 1. The van der Waals surface area contributed by atoms with Crippen LogP contribution in [0.2, 0.25) is 0 Å². The Bertz CT molecular complexity index is 1050. The van der Waals surface area contributed by atoms with Gasteiger partial charge in [-0.3, -0.25) is 4.55 Å². The van der Waals surface area contributed by atoms with E-state index in [1.807, 2.05) is 0 Å². The van der Waals surface area contributed by atoms with Gasteiger partial charge >= 0.3 is 0 Å². The quantitative estimate of drug-likeness (QED) is 0.283. The Kier molecular flexibility index (Phi) is 5.81. The largest absolute Gasteiger partial charge is 0.505 e. The van der Waals surface area contributed by atoms with E-state index < -0.39 is 20.8 Å². The third kappa shape index (κ3) is 4.17. The van der Waals surface area contributed by atoms with Crippen LogP contribution in [0.1, 0.15) is 0 Å². The van der Waals surface area contributed by atoms with Crippen LogP contribution in [0, 0.1) is 0 Å². The molecule has 0 heterocycles. The third-order valence-corrected chi connectivity index (χ3v) is 4.24. The monoisotopic (exact) mass is 366 g/mol. The number of aromatic hydroxyl groups is 1. The summed E-state index contributed by atoms with van der Waals surface area (Å²) in [6.07, 6.45) is 0. The number of hydrogen-bond donors (Lipinski definition) is 3. The summed E-state index contributed by atoms with van der Waals surface area (Å²) in [6, 6.07) is 14.4. The molecule has 3 rings (SSSR count). The smallest absolute Gasteiger partial charge is 0.296 e. The van der Waals surface area contributed by atoms with Crippen LogP contribution in [-0.2, 0) is 10.1 Å². The Hall–Kier alpha value is -1.97. The molecule has 0 saturated heterocycles. The van der Waals surface area contributed by atoms with Gasteiger partial charge in [-0.15, -0.1) is 5.11 Å². The van der Waals surface area contributed by atoms with Crippen LogP contribution in [0.15, 0.2) is 69.7 Å². The number of hydrogen-bond acceptors (Lipinski definition) is 6. The first-order valence-corrected chi connectivity index (χ1v) is 8.30. The molecule has 0 aliphatic rings. The van der Waals surface area contributed by atoms with Gasteiger partial charge in [-0.2, -0.15) is 13.5 Å². The molecule has 3 aromatic carbocycles. The number of nitrogens with zero attached hydrogens (tertiary/aromatic N) is 2. The first-order valence-electron chi connectivity index (χ1n) is 6.86. The van der Waals surface area contributed by atoms with E-state index in [0.29, 0.717) is 22.1 Å². The fourth-order valence-electron chi connectivity index (χ4n) is 2.27. The van der Waals surface area contributed by atoms with Gasteiger partial charge in [0.1, 0.15) is 10.6 Å². The summed E-state index contributed by atoms with van der Waals surface area (Å²) < 4.78 is 32.8. The molecular formula is C16H13N3NaO4S. The second-order valence-corrected chi connectivity index (χ2v) is 6.45. The fourth-order valence-corrected chi connectivity index (χ4v) is 2.92. The van der Waals surface area contributed by atoms with Crippen molar-refractivity contribution in [3.63, 3.8) is 0 Å². The zero-order chi connectivity index (χ0) is 17.3. The summed E-state index contributed by atoms with van der Waals surface area (Å²) in [5, 5.41) is 18.8. The predicted molar refractivity (Wildman–Crippen MR) is 96.2 cm³/mol. The van der Waals surface area contributed by atoms with Crippen LogP contribution < -0.4 is 5.73 Å². The van der Waals surface area contributed by atoms with Crippen LogP contribution in [0.3, 0.4) is 0 Å². The molecule has 0 atom stereocenters. The van der Waals surface area contributed by atoms with Gasteiger partial charge in [0.05, 0.1) is 5.69 Å². The summed E-state index contributed by atoms with van der Waals surface area (Å²) >= 11 is 0. The minimum absolute atomic E-state index is 0. The first-order chi connectivity index (χ1) is 11.4. The minimum atomic E-state index is -4.62. The predicted octanol–water partition coefficient (Wildman–Crippen LogP) is 3.41. The second-order valence-electron chi connectivity index (χ2n) is 5.06. The van der Waals surface area contributed by atoms with Gasteiger partial charge in [0.2, 0.25) is 0 Å². The van der Waals surface area contributed by atoms with E-state index in [2.05, 4.69) is 10.2 Å². The van der Waals surface area contributed by atoms with E-state index in [9.17, 15) is 18.1 Å². The maximum Gasteiger partial charge on any atom is 0.296 e. The number of nitrogens with two attached hydrogens (primary N) is 1. The SMILES string of the molecule is Nc1ccc2c(O)c(N=Nc3ccccc3)c(S(=O)(=O)O)cc2c1.[Na]. The molecule has 25 heavy (non-hydrogen) atoms. The molecule has 0 aromatic heterocycles. The normalized spacial score (nSPS) is 11.6. The molecule has 0 aliphatic heterocycles. The van der Waals surface area contributed by atoms with E-state index in [0.717, 1.165) is 0 Å². The molecule has 0 bridgehead atoms. The molecule has 0 aliphatic carbocycles. The van der Waals surface area contributed by atoms with E-state index >= 15 is 0 Å². The van der Waals surface area contributed by atoms with E-state index in [-0.39, 0.29) is 35.2 Å². The van der Waals surface area contributed by atoms with Crippen molar-refractivity contribution < 1.29 is 18.1 Å². The summed E-state index contributed by atoms with van der Waals surface area (Å²) in [4.78, 5) is -0.544. The average molecular weight is 366 g/mol. The molecule has 0 fully saturated rings. The number of phenolic OH excluding ortho intramolecular Hbond substituents is 1. The number of rotatable bonds is 3. The van der Waals surface area contributed by atoms with E-state index in [1.54, 1.807) is 36.4 Å². The van der Waals surface area contributed by atoms with Crippen molar-refractivity contribution in [1.29, 1.82) is 0 Å². The van der Waals surface area contributed by atoms with Crippen molar-refractivity contribution in [2.75, 3.05) is 5.73 Å². The van der Waals surface area contributed by atoms with Gasteiger partial charge in [0.25, 0.3) is 10.1 Å². The molecule has 4 N–H and O–H groups in total. The molecule has 0 unspecified atom stereocenters. The summed E-state index contributed by atoms with van der Waals surface area (Å²) in [7, 11) is -4.62. The molecule has 0 amide bonds. The van der Waals surface area contributed by atoms with Crippen molar-refractivity contribution in [3.05, 3.63) is 54.6 Å². The maximum atomic E-state index is 11.7. The van der Waals surface area contributed by atoms with Crippen molar-refractivity contribution >= 4 is 67.5 Å². The number of anilines is 1. The van der Waals surface area contributed by atoms with Crippen LogP contribution >= 0.6 is 0 Å². The molecule has 0 saturated carbocycles. The average Bonchev–Trinajstić information content (AvgIpc) is 2.53. The standard InChI is InChI=1S/C16H13N3O4S.Na/c17-11-6-7-13-10(8-11)9-14(24(21,22)23)15(16(13)20)19-18-12-4-2-1-3-5-12;/h1-9,20H,17H2,(H,21,22,23);. The second kappa shape index (κ2) is 7.51. The Morgan fingerprint density at radius 1 is 0.960 bits per heavy atom. The Morgan fingerprint density at radius 2 is 1.64 bits per heavy atom. The van der Waals surface area contributed by atoms with Gasteiger partial charge in [-0.1, -0.05) is 18.2 Å². The number of phenols is 1. The molecule has 0 spiro atoms. The number of benzene rings is 3. The number of azo groups is 1. The van der Waals surface area contributed by atoms with Crippen molar-refractivity contribution in [1.82, 2.24) is 0 Å². The van der Waals surface area contributed by atoms with E-state index in [1.165, 1.54) is 18.2 Å². The van der Waals surface area contributed by atoms with Crippen LogP contribution in [0.25, 0.3) is 10.8 Å². The van der Waals surface area contributed by atoms with Gasteiger partial charge < -0.3 is 10.8 Å². The minimum Gasteiger partial charge on any atom is -0.505 e. The Morgan fingerprint density at radius 3 is 2.28 bits per heavy atom. The van der Waals surface area contributed by atoms with Crippen molar-refractivity contribution in [2.45, 2.75) is 4.90 Å². The maximum absolute atomic E-state index is 11.7. The van der Waals surface area contributed by atoms with Crippen LogP contribution in [0.5, 0.6) is 5.75 Å². The van der Waals surface area contributed by atoms with Gasteiger partial charge in [0.15, 0.2) is 5.75 Å². The summed E-state index contributed by atoms with van der Waals surface area (Å²) in [5.74, 6) is -0.403. The van der Waals surface area contributed by atoms with E-state index in [4.69, 9.17) is 5.73 Å². The summed E-state index contributed by atoms with van der Waals surface area (Å²) in [5.41, 5.74) is 6.19. The van der Waals surface area contributed by atoms with Gasteiger partial charge in [-0.05, 0) is 41.8 Å². The molecule has 1 radical (unpaired) electrons. The molecular weight excluding hydrogens is 353 g/mol. The fraction of sp³-hybridized carbons (Fsp3) is 0. The molecule has 123 valence electrons. The topological polar surface area (TPSA) is 125 Å². The third-order valence-electron chi connectivity index (χ3n) is 3.37. The Balaban J connectivity index is 0.00000225. The Labute approximate surface area is 166 Å². The van der Waals surface area contributed by atoms with Gasteiger partial charge in [0, 0.05) is 40.6 Å². The van der Waals surface area contributed by atoms with Crippen LogP contribution in [0.4, 0.5) is 17.1 Å².